The second-order valence-electron chi connectivity index (χ2n) is 3.92. The summed E-state index contributed by atoms with van der Waals surface area (Å²) in [6.45, 7) is 3.23. The average Bonchev–Trinajstić information content (AvgIpc) is 2.43. The number of nitrogens with two attached hydrogens (primary N) is 1. The minimum absolute atomic E-state index is 0.0862. The summed E-state index contributed by atoms with van der Waals surface area (Å²) in [6.07, 6.45) is 0.775. The molecule has 0 aliphatic heterocycles. The molecule has 3 N–H and O–H groups in total. The predicted molar refractivity (Wildman–Crippen MR) is 70.9 cm³/mol. The second-order valence-corrected chi connectivity index (χ2v) is 3.92. The van der Waals surface area contributed by atoms with Gasteiger partial charge in [0, 0.05) is 12.6 Å². The molecule has 1 aromatic rings. The van der Waals surface area contributed by atoms with Crippen molar-refractivity contribution < 1.29 is 14.2 Å². The number of hydrogen-bond donors (Lipinski definition) is 2. The van der Waals surface area contributed by atoms with Crippen LogP contribution in [0.3, 0.4) is 0 Å². The third-order valence-electron chi connectivity index (χ3n) is 2.69. The molecule has 0 spiro atoms. The molecule has 1 atom stereocenters. The SMILES string of the molecule is CCOCC(Cc1ccc(OC)c(OC)c1)NN. The van der Waals surface area contributed by atoms with E-state index < -0.39 is 0 Å². The molecule has 18 heavy (non-hydrogen) atoms. The van der Waals surface area contributed by atoms with Gasteiger partial charge in [-0.3, -0.25) is 11.3 Å². The van der Waals surface area contributed by atoms with Gasteiger partial charge < -0.3 is 14.2 Å². The van der Waals surface area contributed by atoms with Crippen molar-refractivity contribution in [1.29, 1.82) is 0 Å². The molecule has 1 aromatic carbocycles. The molecule has 5 heteroatoms. The highest BCUT2D eigenvalue weighted by atomic mass is 16.5. The lowest BCUT2D eigenvalue weighted by molar-refractivity contribution is 0.123. The summed E-state index contributed by atoms with van der Waals surface area (Å²) in [5.74, 6) is 6.95. The van der Waals surface area contributed by atoms with E-state index in [0.717, 1.165) is 23.5 Å². The van der Waals surface area contributed by atoms with Gasteiger partial charge in [0.25, 0.3) is 0 Å². The molecule has 5 nitrogen and oxygen atoms in total. The number of nitrogens with one attached hydrogen (secondary N) is 1. The van der Waals surface area contributed by atoms with E-state index >= 15 is 0 Å². The Morgan fingerprint density at radius 3 is 2.50 bits per heavy atom. The highest BCUT2D eigenvalue weighted by Gasteiger charge is 2.10. The summed E-state index contributed by atoms with van der Waals surface area (Å²) in [7, 11) is 3.25. The first-order valence-electron chi connectivity index (χ1n) is 5.99. The van der Waals surface area contributed by atoms with Crippen LogP contribution in [0.25, 0.3) is 0 Å². The molecule has 0 bridgehead atoms. The first-order chi connectivity index (χ1) is 8.74. The largest absolute Gasteiger partial charge is 0.493 e. The van der Waals surface area contributed by atoms with E-state index in [1.165, 1.54) is 0 Å². The summed E-state index contributed by atoms with van der Waals surface area (Å²) in [5.41, 5.74) is 3.88. The monoisotopic (exact) mass is 254 g/mol. The van der Waals surface area contributed by atoms with Crippen molar-refractivity contribution in [3.05, 3.63) is 23.8 Å². The predicted octanol–water partition coefficient (Wildman–Crippen LogP) is 1.11. The third kappa shape index (κ3) is 4.18. The van der Waals surface area contributed by atoms with Crippen molar-refractivity contribution in [3.63, 3.8) is 0 Å². The molecular formula is C13H22N2O3. The van der Waals surface area contributed by atoms with Crippen LogP contribution >= 0.6 is 0 Å². The zero-order chi connectivity index (χ0) is 13.4. The van der Waals surface area contributed by atoms with Gasteiger partial charge in [0.05, 0.1) is 20.8 Å². The minimum atomic E-state index is 0.0862. The molecule has 0 aliphatic carbocycles. The molecule has 0 radical (unpaired) electrons. The number of ether oxygens (including phenoxy) is 3. The Kier molecular flexibility index (Phi) is 6.49. The molecular weight excluding hydrogens is 232 g/mol. The standard InChI is InChI=1S/C13H22N2O3/c1-4-18-9-11(15-14)7-10-5-6-12(16-2)13(8-10)17-3/h5-6,8,11,15H,4,7,9,14H2,1-3H3. The van der Waals surface area contributed by atoms with E-state index in [1.54, 1.807) is 14.2 Å². The van der Waals surface area contributed by atoms with Gasteiger partial charge in [-0.1, -0.05) is 6.07 Å². The highest BCUT2D eigenvalue weighted by Crippen LogP contribution is 2.27. The fourth-order valence-corrected chi connectivity index (χ4v) is 1.72. The molecule has 0 aliphatic rings. The number of hydrogen-bond acceptors (Lipinski definition) is 5. The molecule has 1 unspecified atom stereocenters. The lowest BCUT2D eigenvalue weighted by atomic mass is 10.1. The fourth-order valence-electron chi connectivity index (χ4n) is 1.72. The third-order valence-corrected chi connectivity index (χ3v) is 2.69. The van der Waals surface area contributed by atoms with Crippen LogP contribution in [0.15, 0.2) is 18.2 Å². The van der Waals surface area contributed by atoms with Gasteiger partial charge in [-0.2, -0.15) is 0 Å². The summed E-state index contributed by atoms with van der Waals surface area (Å²) < 4.78 is 15.8. The van der Waals surface area contributed by atoms with Crippen molar-refractivity contribution in [2.45, 2.75) is 19.4 Å². The van der Waals surface area contributed by atoms with Crippen LogP contribution in [0.4, 0.5) is 0 Å². The van der Waals surface area contributed by atoms with Gasteiger partial charge in [0.1, 0.15) is 0 Å². The Bertz CT molecular complexity index is 358. The van der Waals surface area contributed by atoms with E-state index in [0.29, 0.717) is 13.2 Å². The van der Waals surface area contributed by atoms with Gasteiger partial charge in [0.2, 0.25) is 0 Å². The Hall–Kier alpha value is -1.30. The summed E-state index contributed by atoms with van der Waals surface area (Å²) in [5, 5.41) is 0. The number of rotatable bonds is 8. The second kappa shape index (κ2) is 7.92. The quantitative estimate of drug-likeness (QED) is 0.537. The normalized spacial score (nSPS) is 12.2. The van der Waals surface area contributed by atoms with Crippen LogP contribution in [0.5, 0.6) is 11.5 Å². The minimum Gasteiger partial charge on any atom is -0.493 e. The maximum atomic E-state index is 5.50. The number of hydrazine groups is 1. The van der Waals surface area contributed by atoms with E-state index in [-0.39, 0.29) is 6.04 Å². The molecule has 0 saturated carbocycles. The number of methoxy groups -OCH3 is 2. The van der Waals surface area contributed by atoms with Gasteiger partial charge in [0.15, 0.2) is 11.5 Å². The van der Waals surface area contributed by atoms with Gasteiger partial charge in [-0.25, -0.2) is 0 Å². The van der Waals surface area contributed by atoms with Crippen LogP contribution in [-0.2, 0) is 11.2 Å². The molecule has 0 amide bonds. The van der Waals surface area contributed by atoms with Crippen molar-refractivity contribution in [2.24, 2.45) is 5.84 Å². The van der Waals surface area contributed by atoms with Crippen molar-refractivity contribution in [2.75, 3.05) is 27.4 Å². The van der Waals surface area contributed by atoms with Gasteiger partial charge in [-0.05, 0) is 31.0 Å². The van der Waals surface area contributed by atoms with E-state index in [2.05, 4.69) is 5.43 Å². The van der Waals surface area contributed by atoms with E-state index in [1.807, 2.05) is 25.1 Å². The maximum Gasteiger partial charge on any atom is 0.160 e. The topological polar surface area (TPSA) is 65.7 Å². The zero-order valence-corrected chi connectivity index (χ0v) is 11.2. The number of benzene rings is 1. The van der Waals surface area contributed by atoms with Crippen LogP contribution in [0, 0.1) is 0 Å². The average molecular weight is 254 g/mol. The van der Waals surface area contributed by atoms with Crippen LogP contribution in [-0.4, -0.2) is 33.5 Å². The van der Waals surface area contributed by atoms with Crippen LogP contribution in [0.1, 0.15) is 12.5 Å². The maximum absolute atomic E-state index is 5.50. The Morgan fingerprint density at radius 1 is 1.22 bits per heavy atom. The molecule has 102 valence electrons. The summed E-state index contributed by atoms with van der Waals surface area (Å²) in [6, 6.07) is 5.93. The lowest BCUT2D eigenvalue weighted by Crippen LogP contribution is -2.40. The van der Waals surface area contributed by atoms with Crippen LogP contribution < -0.4 is 20.7 Å². The Labute approximate surface area is 108 Å². The molecule has 0 saturated heterocycles. The highest BCUT2D eigenvalue weighted by molar-refractivity contribution is 5.43. The summed E-state index contributed by atoms with van der Waals surface area (Å²) >= 11 is 0. The van der Waals surface area contributed by atoms with Crippen molar-refractivity contribution in [1.82, 2.24) is 5.43 Å². The van der Waals surface area contributed by atoms with Crippen molar-refractivity contribution in [3.8, 4) is 11.5 Å². The Balaban J connectivity index is 2.71. The summed E-state index contributed by atoms with van der Waals surface area (Å²) in [4.78, 5) is 0. The van der Waals surface area contributed by atoms with Gasteiger partial charge >= 0.3 is 0 Å². The smallest absolute Gasteiger partial charge is 0.160 e. The molecule has 0 heterocycles. The first kappa shape index (κ1) is 14.8. The molecule has 1 rings (SSSR count). The Morgan fingerprint density at radius 2 is 1.94 bits per heavy atom. The molecule has 0 fully saturated rings. The van der Waals surface area contributed by atoms with Crippen LogP contribution in [0.2, 0.25) is 0 Å². The van der Waals surface area contributed by atoms with Crippen molar-refractivity contribution >= 4 is 0 Å². The zero-order valence-electron chi connectivity index (χ0n) is 11.2. The first-order valence-corrected chi connectivity index (χ1v) is 5.99. The van der Waals surface area contributed by atoms with Gasteiger partial charge in [-0.15, -0.1) is 0 Å². The van der Waals surface area contributed by atoms with E-state index in [4.69, 9.17) is 20.1 Å². The fraction of sp³-hybridized carbons (Fsp3) is 0.538. The lowest BCUT2D eigenvalue weighted by Gasteiger charge is -2.16. The van der Waals surface area contributed by atoms with E-state index in [9.17, 15) is 0 Å². The molecule has 0 aromatic heterocycles.